The molecule has 0 radical (unpaired) electrons. The van der Waals surface area contributed by atoms with Crippen molar-refractivity contribution in [3.05, 3.63) is 0 Å². The van der Waals surface area contributed by atoms with E-state index in [4.69, 9.17) is 18.0 Å². The molecule has 0 rings (SSSR count). The van der Waals surface area contributed by atoms with E-state index >= 15 is 0 Å². The van der Waals surface area contributed by atoms with Gasteiger partial charge >= 0.3 is 0 Å². The second-order valence-electron chi connectivity index (χ2n) is 5.85. The van der Waals surface area contributed by atoms with Crippen LogP contribution in [-0.4, -0.2) is 28.9 Å². The second kappa shape index (κ2) is 7.83. The highest BCUT2D eigenvalue weighted by Crippen LogP contribution is 2.33. The van der Waals surface area contributed by atoms with Crippen molar-refractivity contribution < 1.29 is 4.79 Å². The molecule has 19 heavy (non-hydrogen) atoms. The van der Waals surface area contributed by atoms with Gasteiger partial charge in [0.1, 0.15) is 0 Å². The van der Waals surface area contributed by atoms with E-state index in [1.165, 1.54) is 0 Å². The maximum Gasteiger partial charge on any atom is 0.235 e. The Labute approximate surface area is 123 Å². The van der Waals surface area contributed by atoms with Gasteiger partial charge in [0.2, 0.25) is 5.91 Å². The summed E-state index contributed by atoms with van der Waals surface area (Å²) in [5, 5.41) is 0. The fourth-order valence-electron chi connectivity index (χ4n) is 2.51. The van der Waals surface area contributed by atoms with E-state index in [1.54, 1.807) is 0 Å². The smallest absolute Gasteiger partial charge is 0.235 e. The number of nitrogens with two attached hydrogens (primary N) is 1. The third kappa shape index (κ3) is 4.16. The van der Waals surface area contributed by atoms with Crippen LogP contribution in [0.1, 0.15) is 60.3 Å². The lowest BCUT2D eigenvalue weighted by atomic mass is 9.77. The van der Waals surface area contributed by atoms with E-state index < -0.39 is 5.41 Å². The lowest BCUT2D eigenvalue weighted by Gasteiger charge is -2.38. The molecule has 0 saturated heterocycles. The monoisotopic (exact) mass is 286 g/mol. The topological polar surface area (TPSA) is 46.3 Å². The van der Waals surface area contributed by atoms with Crippen LogP contribution in [-0.2, 0) is 4.79 Å². The maximum absolute atomic E-state index is 12.9. The fraction of sp³-hybridized carbons (Fsp3) is 0.867. The molecule has 0 fully saturated rings. The minimum absolute atomic E-state index is 0.0879. The number of carbonyl (C=O) groups excluding carboxylic acids is 1. The molecule has 0 heterocycles. The van der Waals surface area contributed by atoms with Crippen molar-refractivity contribution in [3.8, 4) is 0 Å². The number of hydrogen-bond donors (Lipinski definition) is 1. The number of carbonyl (C=O) groups is 1. The largest absolute Gasteiger partial charge is 0.392 e. The van der Waals surface area contributed by atoms with Gasteiger partial charge in [0.15, 0.2) is 0 Å². The predicted octanol–water partition coefficient (Wildman–Crippen LogP) is 3.36. The van der Waals surface area contributed by atoms with Gasteiger partial charge in [0.05, 0.1) is 10.4 Å². The van der Waals surface area contributed by atoms with Crippen molar-refractivity contribution in [2.75, 3.05) is 7.05 Å². The van der Waals surface area contributed by atoms with Gasteiger partial charge < -0.3 is 10.6 Å². The minimum atomic E-state index is -0.656. The molecule has 0 aromatic heterocycles. The Morgan fingerprint density at radius 3 is 1.89 bits per heavy atom. The van der Waals surface area contributed by atoms with Gasteiger partial charge in [-0.1, -0.05) is 52.8 Å². The van der Waals surface area contributed by atoms with Crippen molar-refractivity contribution in [2.24, 2.45) is 17.1 Å². The molecule has 0 aliphatic carbocycles. The third-order valence-electron chi connectivity index (χ3n) is 4.13. The highest BCUT2D eigenvalue weighted by molar-refractivity contribution is 7.80. The van der Waals surface area contributed by atoms with Crippen LogP contribution in [0.3, 0.4) is 0 Å². The summed E-state index contributed by atoms with van der Waals surface area (Å²) in [5.41, 5.74) is 5.29. The second-order valence-corrected chi connectivity index (χ2v) is 6.29. The molecule has 3 nitrogen and oxygen atoms in total. The number of thiocarbonyl (C=S) groups is 1. The first-order valence-electron chi connectivity index (χ1n) is 7.31. The summed E-state index contributed by atoms with van der Waals surface area (Å²) >= 11 is 5.24. The van der Waals surface area contributed by atoms with Crippen LogP contribution in [0.4, 0.5) is 0 Å². The van der Waals surface area contributed by atoms with Gasteiger partial charge in [-0.15, -0.1) is 0 Å². The average molecular weight is 286 g/mol. The van der Waals surface area contributed by atoms with Crippen LogP contribution in [0.25, 0.3) is 0 Å². The Kier molecular flexibility index (Phi) is 7.57. The van der Waals surface area contributed by atoms with Crippen molar-refractivity contribution in [2.45, 2.75) is 66.3 Å². The Morgan fingerprint density at radius 2 is 1.63 bits per heavy atom. The van der Waals surface area contributed by atoms with E-state index in [0.717, 1.165) is 25.7 Å². The minimum Gasteiger partial charge on any atom is -0.392 e. The molecular formula is C15H30N2OS. The quantitative estimate of drug-likeness (QED) is 0.696. The molecule has 1 amide bonds. The van der Waals surface area contributed by atoms with Crippen LogP contribution >= 0.6 is 12.2 Å². The van der Waals surface area contributed by atoms with E-state index in [9.17, 15) is 4.79 Å². The molecule has 112 valence electrons. The first-order valence-corrected chi connectivity index (χ1v) is 7.72. The van der Waals surface area contributed by atoms with Crippen molar-refractivity contribution in [1.29, 1.82) is 0 Å². The predicted molar refractivity (Wildman–Crippen MR) is 86.1 cm³/mol. The zero-order valence-corrected chi connectivity index (χ0v) is 14.1. The van der Waals surface area contributed by atoms with Crippen molar-refractivity contribution >= 4 is 23.1 Å². The lowest BCUT2D eigenvalue weighted by Crippen LogP contribution is -2.52. The van der Waals surface area contributed by atoms with Crippen LogP contribution in [0.5, 0.6) is 0 Å². The van der Waals surface area contributed by atoms with Gasteiger partial charge in [0.25, 0.3) is 0 Å². The third-order valence-corrected chi connectivity index (χ3v) is 4.52. The van der Waals surface area contributed by atoms with Gasteiger partial charge in [-0.2, -0.15) is 0 Å². The highest BCUT2D eigenvalue weighted by Gasteiger charge is 2.42. The van der Waals surface area contributed by atoms with Crippen LogP contribution in [0.2, 0.25) is 0 Å². The molecule has 1 atom stereocenters. The zero-order valence-electron chi connectivity index (χ0n) is 13.3. The molecule has 0 aliphatic rings. The number of nitrogens with zero attached hydrogens (tertiary/aromatic N) is 1. The highest BCUT2D eigenvalue weighted by atomic mass is 32.1. The summed E-state index contributed by atoms with van der Waals surface area (Å²) in [5.74, 6) is 0.506. The van der Waals surface area contributed by atoms with Crippen LogP contribution < -0.4 is 5.73 Å². The Hall–Kier alpha value is -0.640. The molecular weight excluding hydrogens is 256 g/mol. The van der Waals surface area contributed by atoms with Gasteiger partial charge in [0, 0.05) is 13.1 Å². The van der Waals surface area contributed by atoms with Crippen molar-refractivity contribution in [1.82, 2.24) is 4.90 Å². The first kappa shape index (κ1) is 18.4. The molecule has 0 aliphatic heterocycles. The zero-order chi connectivity index (χ0) is 15.2. The summed E-state index contributed by atoms with van der Waals surface area (Å²) in [6, 6.07) is 0.190. The molecule has 0 bridgehead atoms. The van der Waals surface area contributed by atoms with E-state index in [2.05, 4.69) is 34.6 Å². The van der Waals surface area contributed by atoms with E-state index in [0.29, 0.717) is 10.9 Å². The Bertz CT molecular complexity index is 309. The SMILES string of the molecule is CCCC(CCC)(C(=O)N(C)C(C)C(C)C)C(N)=S. The van der Waals surface area contributed by atoms with Gasteiger partial charge in [-0.3, -0.25) is 4.79 Å². The fourth-order valence-corrected chi connectivity index (χ4v) is 2.81. The van der Waals surface area contributed by atoms with Crippen LogP contribution in [0.15, 0.2) is 0 Å². The molecule has 0 saturated carbocycles. The summed E-state index contributed by atoms with van der Waals surface area (Å²) in [6.07, 6.45) is 3.30. The van der Waals surface area contributed by atoms with Crippen LogP contribution in [0, 0.1) is 11.3 Å². The summed E-state index contributed by atoms with van der Waals surface area (Å²) in [6.45, 7) is 10.5. The first-order chi connectivity index (χ1) is 8.74. The van der Waals surface area contributed by atoms with E-state index in [-0.39, 0.29) is 11.9 Å². The van der Waals surface area contributed by atoms with Crippen molar-refractivity contribution in [3.63, 3.8) is 0 Å². The summed E-state index contributed by atoms with van der Waals surface area (Å²) in [7, 11) is 1.87. The lowest BCUT2D eigenvalue weighted by molar-refractivity contribution is -0.140. The average Bonchev–Trinajstić information content (AvgIpc) is 2.35. The Morgan fingerprint density at radius 1 is 1.21 bits per heavy atom. The number of hydrogen-bond acceptors (Lipinski definition) is 2. The molecule has 4 heteroatoms. The summed E-state index contributed by atoms with van der Waals surface area (Å²) < 4.78 is 0. The standard InChI is InChI=1S/C15H30N2OS/c1-7-9-15(10-8-2,13(16)19)14(18)17(6)12(5)11(3)4/h11-12H,7-10H2,1-6H3,(H2,16,19). The number of amides is 1. The van der Waals surface area contributed by atoms with E-state index in [1.807, 2.05) is 11.9 Å². The van der Waals surface area contributed by atoms with Gasteiger partial charge in [-0.25, -0.2) is 0 Å². The molecule has 1 unspecified atom stereocenters. The number of rotatable bonds is 8. The summed E-state index contributed by atoms with van der Waals surface area (Å²) in [4.78, 5) is 15.1. The Balaban J connectivity index is 5.36. The van der Waals surface area contributed by atoms with Gasteiger partial charge in [-0.05, 0) is 25.7 Å². The molecule has 0 aromatic rings. The molecule has 0 aromatic carbocycles. The normalized spacial score (nSPS) is 13.4. The maximum atomic E-state index is 12.9. The molecule has 2 N–H and O–H groups in total. The molecule has 0 spiro atoms.